The van der Waals surface area contributed by atoms with Gasteiger partial charge in [-0.2, -0.15) is 0 Å². The van der Waals surface area contributed by atoms with E-state index in [1.807, 2.05) is 48.5 Å². The van der Waals surface area contributed by atoms with E-state index in [1.54, 1.807) is 6.20 Å². The zero-order valence-corrected chi connectivity index (χ0v) is 11.9. The van der Waals surface area contributed by atoms with E-state index in [1.165, 1.54) is 0 Å². The Morgan fingerprint density at radius 2 is 1.60 bits per heavy atom. The standard InChI is InChI=1S/C16H9Cl2N2/c17-12-7-5-11(6-8-12)14-9-19-10-20-16(14)13-3-1-2-4-15(13)18/h1-9H. The van der Waals surface area contributed by atoms with E-state index in [0.29, 0.717) is 10.0 Å². The van der Waals surface area contributed by atoms with Gasteiger partial charge < -0.3 is 0 Å². The lowest BCUT2D eigenvalue weighted by Crippen LogP contribution is -1.91. The molecule has 3 rings (SSSR count). The highest BCUT2D eigenvalue weighted by molar-refractivity contribution is 6.33. The zero-order chi connectivity index (χ0) is 13.9. The minimum atomic E-state index is 0.648. The smallest absolute Gasteiger partial charge is 0.198 e. The average Bonchev–Trinajstić information content (AvgIpc) is 2.49. The molecule has 0 bridgehead atoms. The summed E-state index contributed by atoms with van der Waals surface area (Å²) in [5, 5.41) is 1.34. The molecule has 2 aromatic carbocycles. The van der Waals surface area contributed by atoms with Crippen LogP contribution in [0.4, 0.5) is 0 Å². The number of nitrogens with zero attached hydrogens (tertiary/aromatic N) is 2. The highest BCUT2D eigenvalue weighted by atomic mass is 35.5. The van der Waals surface area contributed by atoms with Crippen LogP contribution in [0.15, 0.2) is 54.7 Å². The number of hydrogen-bond donors (Lipinski definition) is 0. The molecule has 0 aliphatic heterocycles. The van der Waals surface area contributed by atoms with Crippen LogP contribution < -0.4 is 0 Å². The molecule has 0 aliphatic carbocycles. The molecule has 97 valence electrons. The third-order valence-electron chi connectivity index (χ3n) is 2.95. The van der Waals surface area contributed by atoms with Gasteiger partial charge in [-0.1, -0.05) is 53.5 Å². The van der Waals surface area contributed by atoms with Crippen molar-refractivity contribution in [3.05, 3.63) is 71.1 Å². The first-order valence-electron chi connectivity index (χ1n) is 5.99. The van der Waals surface area contributed by atoms with Crippen molar-refractivity contribution in [1.82, 2.24) is 9.97 Å². The zero-order valence-electron chi connectivity index (χ0n) is 10.3. The molecule has 2 nitrogen and oxygen atoms in total. The van der Waals surface area contributed by atoms with E-state index in [9.17, 15) is 0 Å². The Morgan fingerprint density at radius 1 is 0.850 bits per heavy atom. The molecular weight excluding hydrogens is 291 g/mol. The van der Waals surface area contributed by atoms with Crippen LogP contribution in [0.3, 0.4) is 0 Å². The molecule has 0 saturated heterocycles. The lowest BCUT2D eigenvalue weighted by atomic mass is 10.0. The van der Waals surface area contributed by atoms with Crippen LogP contribution in [0.1, 0.15) is 0 Å². The molecule has 3 aromatic rings. The molecule has 20 heavy (non-hydrogen) atoms. The minimum absolute atomic E-state index is 0.648. The molecule has 0 unspecified atom stereocenters. The predicted octanol–water partition coefficient (Wildman–Crippen LogP) is 4.92. The van der Waals surface area contributed by atoms with Gasteiger partial charge in [0, 0.05) is 27.4 Å². The van der Waals surface area contributed by atoms with Crippen LogP contribution in [0.5, 0.6) is 0 Å². The topological polar surface area (TPSA) is 25.8 Å². The summed E-state index contributed by atoms with van der Waals surface area (Å²) >= 11 is 12.2. The molecule has 1 radical (unpaired) electrons. The third kappa shape index (κ3) is 2.53. The van der Waals surface area contributed by atoms with Gasteiger partial charge in [-0.05, 0) is 23.8 Å². The van der Waals surface area contributed by atoms with Crippen molar-refractivity contribution >= 4 is 23.2 Å². The maximum absolute atomic E-state index is 6.25. The Labute approximate surface area is 127 Å². The molecule has 0 atom stereocenters. The number of aromatic nitrogens is 2. The lowest BCUT2D eigenvalue weighted by Gasteiger charge is -2.09. The Hall–Kier alpha value is -1.90. The summed E-state index contributed by atoms with van der Waals surface area (Å²) in [6.45, 7) is 0. The van der Waals surface area contributed by atoms with E-state index >= 15 is 0 Å². The van der Waals surface area contributed by atoms with Gasteiger partial charge in [0.25, 0.3) is 0 Å². The first kappa shape index (κ1) is 13.1. The van der Waals surface area contributed by atoms with Crippen molar-refractivity contribution in [3.8, 4) is 22.4 Å². The molecule has 0 fully saturated rings. The highest BCUT2D eigenvalue weighted by Gasteiger charge is 2.11. The second-order valence-corrected chi connectivity index (χ2v) is 5.06. The van der Waals surface area contributed by atoms with Crippen molar-refractivity contribution in [3.63, 3.8) is 0 Å². The summed E-state index contributed by atoms with van der Waals surface area (Å²) in [5.41, 5.74) is 3.50. The summed E-state index contributed by atoms with van der Waals surface area (Å²) in [5.74, 6) is 0. The Bertz CT molecular complexity index is 739. The van der Waals surface area contributed by atoms with Crippen LogP contribution in [-0.4, -0.2) is 9.97 Å². The van der Waals surface area contributed by atoms with Crippen molar-refractivity contribution in [1.29, 1.82) is 0 Å². The molecular formula is C16H9Cl2N2. The fourth-order valence-corrected chi connectivity index (χ4v) is 2.34. The SMILES string of the molecule is Clc1ccc(-c2cn[c]nc2-c2ccccc2Cl)cc1. The Balaban J connectivity index is 2.19. The maximum atomic E-state index is 6.25. The molecule has 0 amide bonds. The van der Waals surface area contributed by atoms with Gasteiger partial charge in [-0.25, -0.2) is 9.97 Å². The molecule has 1 heterocycles. The van der Waals surface area contributed by atoms with E-state index in [2.05, 4.69) is 16.3 Å². The maximum Gasteiger partial charge on any atom is 0.198 e. The molecule has 1 aromatic heterocycles. The van der Waals surface area contributed by atoms with Crippen molar-refractivity contribution in [2.24, 2.45) is 0 Å². The van der Waals surface area contributed by atoms with Crippen LogP contribution in [0.2, 0.25) is 10.0 Å². The van der Waals surface area contributed by atoms with Crippen molar-refractivity contribution in [2.45, 2.75) is 0 Å². The summed E-state index contributed by atoms with van der Waals surface area (Å²) < 4.78 is 0. The summed E-state index contributed by atoms with van der Waals surface area (Å²) in [6.07, 6.45) is 4.35. The monoisotopic (exact) mass is 299 g/mol. The van der Waals surface area contributed by atoms with Gasteiger partial charge in [-0.15, -0.1) is 0 Å². The number of halogens is 2. The number of hydrogen-bond acceptors (Lipinski definition) is 2. The van der Waals surface area contributed by atoms with Crippen LogP contribution >= 0.6 is 23.2 Å². The molecule has 0 aliphatic rings. The predicted molar refractivity (Wildman–Crippen MR) is 81.8 cm³/mol. The third-order valence-corrected chi connectivity index (χ3v) is 3.53. The highest BCUT2D eigenvalue weighted by Crippen LogP contribution is 2.33. The second-order valence-electron chi connectivity index (χ2n) is 4.22. The summed E-state index contributed by atoms with van der Waals surface area (Å²) in [4.78, 5) is 8.24. The van der Waals surface area contributed by atoms with Gasteiger partial charge in [0.1, 0.15) is 0 Å². The fourth-order valence-electron chi connectivity index (χ4n) is 1.99. The number of benzene rings is 2. The van der Waals surface area contributed by atoms with Gasteiger partial charge in [0.05, 0.1) is 5.69 Å². The summed E-state index contributed by atoms with van der Waals surface area (Å²) in [7, 11) is 0. The van der Waals surface area contributed by atoms with Crippen LogP contribution in [0.25, 0.3) is 22.4 Å². The summed E-state index contributed by atoms with van der Waals surface area (Å²) in [6, 6.07) is 15.1. The fraction of sp³-hybridized carbons (Fsp3) is 0. The largest absolute Gasteiger partial charge is 0.233 e. The first-order chi connectivity index (χ1) is 9.75. The van der Waals surface area contributed by atoms with E-state index in [-0.39, 0.29) is 0 Å². The van der Waals surface area contributed by atoms with E-state index in [4.69, 9.17) is 23.2 Å². The second kappa shape index (κ2) is 5.61. The molecule has 0 spiro atoms. The van der Waals surface area contributed by atoms with Gasteiger partial charge in [0.2, 0.25) is 0 Å². The lowest BCUT2D eigenvalue weighted by molar-refractivity contribution is 1.16. The normalized spacial score (nSPS) is 10.5. The first-order valence-corrected chi connectivity index (χ1v) is 6.75. The van der Waals surface area contributed by atoms with Crippen LogP contribution in [0, 0.1) is 6.33 Å². The molecule has 0 saturated carbocycles. The van der Waals surface area contributed by atoms with E-state index < -0.39 is 0 Å². The van der Waals surface area contributed by atoms with Crippen molar-refractivity contribution < 1.29 is 0 Å². The molecule has 0 N–H and O–H groups in total. The average molecular weight is 300 g/mol. The van der Waals surface area contributed by atoms with Crippen molar-refractivity contribution in [2.75, 3.05) is 0 Å². The number of rotatable bonds is 2. The van der Waals surface area contributed by atoms with Gasteiger partial charge >= 0.3 is 0 Å². The minimum Gasteiger partial charge on any atom is -0.233 e. The molecule has 4 heteroatoms. The quantitative estimate of drug-likeness (QED) is 0.671. The van der Waals surface area contributed by atoms with Crippen LogP contribution in [-0.2, 0) is 0 Å². The van der Waals surface area contributed by atoms with E-state index in [0.717, 1.165) is 22.4 Å². The Morgan fingerprint density at radius 3 is 2.35 bits per heavy atom. The van der Waals surface area contributed by atoms with Gasteiger partial charge in [0.15, 0.2) is 6.33 Å². The van der Waals surface area contributed by atoms with Gasteiger partial charge in [-0.3, -0.25) is 0 Å². The Kier molecular flexibility index (Phi) is 3.68.